The Balaban J connectivity index is 1.23. The van der Waals surface area contributed by atoms with E-state index in [0.717, 1.165) is 10.8 Å². The van der Waals surface area contributed by atoms with E-state index < -0.39 is 11.8 Å². The van der Waals surface area contributed by atoms with Gasteiger partial charge in [0.15, 0.2) is 17.3 Å². The lowest BCUT2D eigenvalue weighted by molar-refractivity contribution is -0.143. The molecule has 0 aliphatic heterocycles. The van der Waals surface area contributed by atoms with Crippen LogP contribution < -0.4 is 10.1 Å². The van der Waals surface area contributed by atoms with Crippen LogP contribution in [0.1, 0.15) is 58.6 Å². The molecule has 1 aromatic heterocycles. The van der Waals surface area contributed by atoms with Gasteiger partial charge in [0, 0.05) is 23.2 Å². The predicted octanol–water partition coefficient (Wildman–Crippen LogP) is 5.59. The number of ether oxygens (including phenoxy) is 1. The molecule has 0 atom stereocenters. The molecule has 1 aliphatic rings. The summed E-state index contributed by atoms with van der Waals surface area (Å²) in [6.45, 7) is 0.274. The average molecular weight is 502 g/mol. The van der Waals surface area contributed by atoms with Crippen LogP contribution in [0.4, 0.5) is 8.78 Å². The maximum atomic E-state index is 14.5. The molecule has 35 heavy (non-hydrogen) atoms. The van der Waals surface area contributed by atoms with Crippen LogP contribution >= 0.6 is 11.3 Å². The first-order valence-electron chi connectivity index (χ1n) is 11.5. The summed E-state index contributed by atoms with van der Waals surface area (Å²) in [7, 11) is 0. The molecule has 0 spiro atoms. The van der Waals surface area contributed by atoms with Crippen molar-refractivity contribution in [1.29, 1.82) is 0 Å². The van der Waals surface area contributed by atoms with Gasteiger partial charge in [0.05, 0.1) is 16.9 Å². The molecule has 9 heteroatoms. The third-order valence-electron chi connectivity index (χ3n) is 6.14. The van der Waals surface area contributed by atoms with Crippen molar-refractivity contribution in [1.82, 2.24) is 5.32 Å². The molecule has 4 rings (SSSR count). The summed E-state index contributed by atoms with van der Waals surface area (Å²) < 4.78 is 34.4. The second kappa shape index (κ2) is 10.9. The minimum atomic E-state index is -0.811. The van der Waals surface area contributed by atoms with Gasteiger partial charge in [0.1, 0.15) is 5.82 Å². The number of thiophene rings is 1. The van der Waals surface area contributed by atoms with Gasteiger partial charge in [-0.1, -0.05) is 0 Å². The van der Waals surface area contributed by atoms with Gasteiger partial charge in [-0.05, 0) is 80.0 Å². The quantitative estimate of drug-likeness (QED) is 0.294. The molecule has 1 saturated carbocycles. The number of ketones is 1. The smallest absolute Gasteiger partial charge is 0.306 e. The van der Waals surface area contributed by atoms with E-state index in [-0.39, 0.29) is 53.8 Å². The number of carbonyl (C=O) groups excluding carboxylic acids is 2. The molecule has 0 saturated heterocycles. The number of hydrogen-bond acceptors (Lipinski definition) is 5. The number of amides is 1. The minimum Gasteiger partial charge on any atom is -0.487 e. The fourth-order valence-electron chi connectivity index (χ4n) is 4.19. The zero-order chi connectivity index (χ0) is 24.9. The Morgan fingerprint density at radius 1 is 1.03 bits per heavy atom. The highest BCUT2D eigenvalue weighted by molar-refractivity contribution is 7.20. The van der Waals surface area contributed by atoms with Crippen LogP contribution in [0.2, 0.25) is 0 Å². The fourth-order valence-corrected chi connectivity index (χ4v) is 5.14. The van der Waals surface area contributed by atoms with Crippen molar-refractivity contribution < 1.29 is 33.0 Å². The molecule has 1 aliphatic carbocycles. The van der Waals surface area contributed by atoms with E-state index in [4.69, 9.17) is 9.84 Å². The van der Waals surface area contributed by atoms with Crippen molar-refractivity contribution in [3.8, 4) is 5.75 Å². The van der Waals surface area contributed by atoms with Gasteiger partial charge < -0.3 is 15.2 Å². The molecular formula is C26H25F2NO5S. The zero-order valence-corrected chi connectivity index (χ0v) is 19.7. The van der Waals surface area contributed by atoms with Crippen LogP contribution in [0.25, 0.3) is 10.1 Å². The topological polar surface area (TPSA) is 92.7 Å². The Bertz CT molecular complexity index is 1250. The van der Waals surface area contributed by atoms with Crippen molar-refractivity contribution in [2.75, 3.05) is 6.54 Å². The lowest BCUT2D eigenvalue weighted by Crippen LogP contribution is -2.28. The van der Waals surface area contributed by atoms with E-state index in [1.165, 1.54) is 35.6 Å². The molecule has 6 nitrogen and oxygen atoms in total. The summed E-state index contributed by atoms with van der Waals surface area (Å²) >= 11 is 1.27. The van der Waals surface area contributed by atoms with E-state index in [1.807, 2.05) is 0 Å². The van der Waals surface area contributed by atoms with Gasteiger partial charge in [0.25, 0.3) is 5.91 Å². The molecule has 0 bridgehead atoms. The van der Waals surface area contributed by atoms with Gasteiger partial charge in [0.2, 0.25) is 0 Å². The van der Waals surface area contributed by atoms with Crippen LogP contribution in [0.5, 0.6) is 5.75 Å². The molecule has 1 amide bonds. The lowest BCUT2D eigenvalue weighted by atomic mass is 9.87. The van der Waals surface area contributed by atoms with Crippen LogP contribution in [0.15, 0.2) is 42.5 Å². The summed E-state index contributed by atoms with van der Waals surface area (Å²) in [4.78, 5) is 36.3. The van der Waals surface area contributed by atoms with E-state index in [0.29, 0.717) is 42.4 Å². The number of hydrogen-bond donors (Lipinski definition) is 2. The molecule has 0 unspecified atom stereocenters. The fraction of sp³-hybridized carbons (Fsp3) is 0.346. The molecular weight excluding hydrogens is 476 g/mol. The maximum Gasteiger partial charge on any atom is 0.306 e. The number of fused-ring (bicyclic) bond motifs is 1. The van der Waals surface area contributed by atoms with E-state index in [9.17, 15) is 23.2 Å². The molecule has 184 valence electrons. The number of carboxylic acids is 1. The number of rotatable bonds is 9. The third kappa shape index (κ3) is 6.22. The van der Waals surface area contributed by atoms with Gasteiger partial charge >= 0.3 is 5.97 Å². The predicted molar refractivity (Wildman–Crippen MR) is 128 cm³/mol. The number of nitrogens with one attached hydrogen (secondary N) is 1. The highest BCUT2D eigenvalue weighted by Crippen LogP contribution is 2.30. The van der Waals surface area contributed by atoms with Crippen LogP contribution in [-0.2, 0) is 4.79 Å². The number of carbonyl (C=O) groups is 3. The minimum absolute atomic E-state index is 0.0517. The number of aliphatic carboxylic acids is 1. The van der Waals surface area contributed by atoms with E-state index >= 15 is 0 Å². The summed E-state index contributed by atoms with van der Waals surface area (Å²) in [5.41, 5.74) is 0.224. The molecule has 2 aromatic carbocycles. The summed E-state index contributed by atoms with van der Waals surface area (Å²) in [6.07, 6.45) is 2.35. The van der Waals surface area contributed by atoms with E-state index in [1.54, 1.807) is 12.1 Å². The summed E-state index contributed by atoms with van der Waals surface area (Å²) in [6, 6.07) is 10.1. The Labute approximate surface area is 204 Å². The van der Waals surface area contributed by atoms with Gasteiger partial charge in [-0.15, -0.1) is 11.3 Å². The molecule has 0 radical (unpaired) electrons. The molecule has 1 heterocycles. The highest BCUT2D eigenvalue weighted by Gasteiger charge is 2.27. The van der Waals surface area contributed by atoms with Crippen LogP contribution in [-0.4, -0.2) is 35.4 Å². The van der Waals surface area contributed by atoms with Crippen molar-refractivity contribution >= 4 is 39.1 Å². The van der Waals surface area contributed by atoms with Crippen LogP contribution in [0, 0.1) is 17.6 Å². The Morgan fingerprint density at radius 2 is 1.80 bits per heavy atom. The first-order valence-corrected chi connectivity index (χ1v) is 12.3. The van der Waals surface area contributed by atoms with Gasteiger partial charge in [-0.25, -0.2) is 8.78 Å². The second-order valence-electron chi connectivity index (χ2n) is 8.65. The summed E-state index contributed by atoms with van der Waals surface area (Å²) in [5.74, 6) is -2.66. The van der Waals surface area contributed by atoms with E-state index in [2.05, 4.69) is 5.32 Å². The highest BCUT2D eigenvalue weighted by atomic mass is 32.1. The monoisotopic (exact) mass is 501 g/mol. The number of benzene rings is 2. The number of halogens is 2. The van der Waals surface area contributed by atoms with Gasteiger partial charge in [-0.3, -0.25) is 14.4 Å². The van der Waals surface area contributed by atoms with Crippen molar-refractivity contribution in [2.24, 2.45) is 5.92 Å². The van der Waals surface area contributed by atoms with Crippen molar-refractivity contribution in [3.63, 3.8) is 0 Å². The Morgan fingerprint density at radius 3 is 2.51 bits per heavy atom. The van der Waals surface area contributed by atoms with Crippen LogP contribution in [0.3, 0.4) is 0 Å². The SMILES string of the molecule is O=C(CCCNC(=O)c1cc2cc(F)ccc2s1)c1ccc(OC2CCC(C(=O)O)CC2)c(F)c1. The first kappa shape index (κ1) is 24.8. The Hall–Kier alpha value is -3.33. The average Bonchev–Trinajstić information content (AvgIpc) is 3.26. The molecule has 1 fully saturated rings. The standard InChI is InChI=1S/C26H25F2NO5S/c27-18-6-10-23-17(12-18)14-24(35-23)25(31)29-11-1-2-21(30)16-5-9-22(20(28)13-16)34-19-7-3-15(4-8-19)26(32)33/h5-6,9-10,12-15,19H,1-4,7-8,11H2,(H,29,31)(H,32,33). The molecule has 2 N–H and O–H groups in total. The lowest BCUT2D eigenvalue weighted by Gasteiger charge is -2.27. The van der Waals surface area contributed by atoms with Gasteiger partial charge in [-0.2, -0.15) is 0 Å². The van der Waals surface area contributed by atoms with Crippen molar-refractivity contribution in [2.45, 2.75) is 44.6 Å². The number of Topliss-reactive ketones (excluding diaryl/α,β-unsaturated/α-hetero) is 1. The Kier molecular flexibility index (Phi) is 7.75. The zero-order valence-electron chi connectivity index (χ0n) is 18.9. The normalized spacial score (nSPS) is 17.8. The largest absolute Gasteiger partial charge is 0.487 e. The van der Waals surface area contributed by atoms with Crippen molar-refractivity contribution in [3.05, 3.63) is 64.5 Å². The maximum absolute atomic E-state index is 14.5. The molecule has 3 aromatic rings. The third-order valence-corrected chi connectivity index (χ3v) is 7.25. The second-order valence-corrected chi connectivity index (χ2v) is 9.73. The first-order chi connectivity index (χ1) is 16.8. The number of carboxylic acid groups (broad SMARTS) is 1. The summed E-state index contributed by atoms with van der Waals surface area (Å²) in [5, 5.41) is 12.5.